The van der Waals surface area contributed by atoms with E-state index < -0.39 is 10.9 Å². The van der Waals surface area contributed by atoms with E-state index in [1.165, 1.54) is 0 Å². The number of nitrogens with zero attached hydrogens (tertiary/aromatic N) is 1. The molecular weight excluding hydrogens is 149 g/mol. The van der Waals surface area contributed by atoms with Gasteiger partial charge >= 0.3 is 0 Å². The van der Waals surface area contributed by atoms with E-state index in [1.807, 2.05) is 41.5 Å². The Morgan fingerprint density at radius 1 is 1.00 bits per heavy atom. The lowest BCUT2D eigenvalue weighted by Crippen LogP contribution is -2.44. The number of rotatable bonds is 3. The number of hydrogen-bond donors (Lipinski definition) is 0. The molecule has 0 amide bonds. The molecule has 0 saturated carbocycles. The molecule has 0 aromatic carbocycles. The third-order valence-corrected chi connectivity index (χ3v) is 3.37. The molecular formula is C9H18BNO. The predicted octanol–water partition coefficient (Wildman–Crippen LogP) is 2.92. The van der Waals surface area contributed by atoms with Crippen LogP contribution >= 0.6 is 0 Å². The van der Waals surface area contributed by atoms with Crippen molar-refractivity contribution in [2.75, 3.05) is 0 Å². The third-order valence-electron chi connectivity index (χ3n) is 3.37. The molecule has 0 aromatic rings. The maximum Gasteiger partial charge on any atom is 0.102 e. The molecule has 2 radical (unpaired) electrons. The lowest BCUT2D eigenvalue weighted by Gasteiger charge is -2.47. The smallest absolute Gasteiger partial charge is 0.102 e. The lowest BCUT2D eigenvalue weighted by molar-refractivity contribution is 0.144. The van der Waals surface area contributed by atoms with E-state index in [9.17, 15) is 4.91 Å². The van der Waals surface area contributed by atoms with E-state index in [4.69, 9.17) is 7.85 Å². The van der Waals surface area contributed by atoms with Gasteiger partial charge in [-0.1, -0.05) is 38.2 Å². The highest BCUT2D eigenvalue weighted by Gasteiger charge is 2.46. The van der Waals surface area contributed by atoms with Crippen molar-refractivity contribution in [3.8, 4) is 0 Å². The second-order valence-electron chi connectivity index (χ2n) is 5.00. The van der Waals surface area contributed by atoms with Gasteiger partial charge < -0.3 is 0 Å². The molecule has 0 unspecified atom stereocenters. The average Bonchev–Trinajstić information content (AvgIpc) is 1.85. The topological polar surface area (TPSA) is 29.4 Å². The monoisotopic (exact) mass is 167 g/mol. The SMILES string of the molecule is [B]C(C)(C)C(C)(C)C(C)(C)N=O. The maximum atomic E-state index is 10.6. The largest absolute Gasteiger partial charge is 0.150 e. The molecule has 3 heteroatoms. The van der Waals surface area contributed by atoms with Crippen molar-refractivity contribution in [3.05, 3.63) is 4.91 Å². The van der Waals surface area contributed by atoms with Crippen LogP contribution < -0.4 is 0 Å². The Morgan fingerprint density at radius 2 is 1.33 bits per heavy atom. The van der Waals surface area contributed by atoms with Crippen molar-refractivity contribution in [3.63, 3.8) is 0 Å². The Labute approximate surface area is 76.5 Å². The molecule has 0 fully saturated rings. The highest BCUT2D eigenvalue weighted by Crippen LogP contribution is 2.50. The molecule has 0 spiro atoms. The molecule has 0 aliphatic rings. The summed E-state index contributed by atoms with van der Waals surface area (Å²) in [6, 6.07) is 0. The summed E-state index contributed by atoms with van der Waals surface area (Å²) >= 11 is 0. The van der Waals surface area contributed by atoms with Gasteiger partial charge in [-0.15, -0.1) is 0 Å². The van der Waals surface area contributed by atoms with Gasteiger partial charge in [0, 0.05) is 0 Å². The van der Waals surface area contributed by atoms with Crippen molar-refractivity contribution >= 4 is 7.85 Å². The van der Waals surface area contributed by atoms with Crippen molar-refractivity contribution in [2.24, 2.45) is 10.6 Å². The quantitative estimate of drug-likeness (QED) is 0.469. The van der Waals surface area contributed by atoms with E-state index >= 15 is 0 Å². The predicted molar refractivity (Wildman–Crippen MR) is 53.5 cm³/mol. The van der Waals surface area contributed by atoms with Crippen LogP contribution in [0.3, 0.4) is 0 Å². The molecule has 0 N–H and O–H groups in total. The van der Waals surface area contributed by atoms with Crippen molar-refractivity contribution in [1.29, 1.82) is 0 Å². The van der Waals surface area contributed by atoms with Crippen LogP contribution in [0.4, 0.5) is 0 Å². The zero-order valence-electron chi connectivity index (χ0n) is 8.93. The summed E-state index contributed by atoms with van der Waals surface area (Å²) in [7, 11) is 5.98. The third kappa shape index (κ3) is 1.70. The summed E-state index contributed by atoms with van der Waals surface area (Å²) in [6.45, 7) is 11.4. The van der Waals surface area contributed by atoms with Crippen LogP contribution in [0.25, 0.3) is 0 Å². The minimum Gasteiger partial charge on any atom is -0.150 e. The van der Waals surface area contributed by atoms with E-state index in [0.717, 1.165) is 0 Å². The molecule has 0 atom stereocenters. The second-order valence-corrected chi connectivity index (χ2v) is 5.00. The van der Waals surface area contributed by atoms with Gasteiger partial charge in [-0.3, -0.25) is 0 Å². The summed E-state index contributed by atoms with van der Waals surface area (Å²) < 4.78 is 0. The molecule has 0 bridgehead atoms. The fraction of sp³-hybridized carbons (Fsp3) is 1.00. The summed E-state index contributed by atoms with van der Waals surface area (Å²) in [4.78, 5) is 10.6. The van der Waals surface area contributed by atoms with Crippen molar-refractivity contribution in [1.82, 2.24) is 0 Å². The Hall–Kier alpha value is -0.335. The van der Waals surface area contributed by atoms with Crippen molar-refractivity contribution < 1.29 is 0 Å². The zero-order valence-corrected chi connectivity index (χ0v) is 8.93. The van der Waals surface area contributed by atoms with E-state index in [1.54, 1.807) is 0 Å². The first-order valence-electron chi connectivity index (χ1n) is 4.19. The van der Waals surface area contributed by atoms with E-state index in [2.05, 4.69) is 5.18 Å². The number of hydrogen-bond acceptors (Lipinski definition) is 2. The molecule has 0 aliphatic carbocycles. The van der Waals surface area contributed by atoms with Gasteiger partial charge in [-0.25, -0.2) is 0 Å². The summed E-state index contributed by atoms with van der Waals surface area (Å²) in [6.07, 6.45) is 0. The van der Waals surface area contributed by atoms with E-state index in [-0.39, 0.29) is 5.41 Å². The fourth-order valence-corrected chi connectivity index (χ4v) is 0.903. The Morgan fingerprint density at radius 3 is 1.42 bits per heavy atom. The molecule has 0 rings (SSSR count). The molecule has 0 saturated heterocycles. The van der Waals surface area contributed by atoms with Crippen LogP contribution in [0, 0.1) is 10.3 Å². The van der Waals surface area contributed by atoms with Crippen LogP contribution in [-0.2, 0) is 0 Å². The Balaban J connectivity index is 4.97. The first-order chi connectivity index (χ1) is 5.06. The van der Waals surface area contributed by atoms with Crippen LogP contribution in [0.5, 0.6) is 0 Å². The van der Waals surface area contributed by atoms with Gasteiger partial charge in [0.2, 0.25) is 0 Å². The van der Waals surface area contributed by atoms with Gasteiger partial charge in [-0.05, 0) is 19.3 Å². The fourth-order valence-electron chi connectivity index (χ4n) is 0.903. The molecule has 0 aromatic heterocycles. The summed E-state index contributed by atoms with van der Waals surface area (Å²) in [5, 5.41) is 2.72. The van der Waals surface area contributed by atoms with E-state index in [0.29, 0.717) is 0 Å². The van der Waals surface area contributed by atoms with Gasteiger partial charge in [-0.2, -0.15) is 4.91 Å². The Kier molecular flexibility index (Phi) is 2.78. The summed E-state index contributed by atoms with van der Waals surface area (Å²) in [5.74, 6) is 0. The normalized spacial score (nSPS) is 14.5. The van der Waals surface area contributed by atoms with Gasteiger partial charge in [0.05, 0.1) is 7.85 Å². The molecule has 68 valence electrons. The minimum atomic E-state index is -0.634. The van der Waals surface area contributed by atoms with Crippen LogP contribution in [0.2, 0.25) is 5.31 Å². The molecule has 2 nitrogen and oxygen atoms in total. The van der Waals surface area contributed by atoms with Crippen LogP contribution in [0.1, 0.15) is 41.5 Å². The maximum absolute atomic E-state index is 10.6. The highest BCUT2D eigenvalue weighted by atomic mass is 16.3. The summed E-state index contributed by atoms with van der Waals surface area (Å²) in [5.41, 5.74) is -0.951. The minimum absolute atomic E-state index is 0.318. The first-order valence-corrected chi connectivity index (χ1v) is 4.19. The van der Waals surface area contributed by atoms with Gasteiger partial charge in [0.25, 0.3) is 0 Å². The number of nitroso groups, excluding NO2 is 1. The van der Waals surface area contributed by atoms with Crippen molar-refractivity contribution in [2.45, 2.75) is 52.4 Å². The zero-order chi connectivity index (χ0) is 10.2. The standard InChI is InChI=1S/C9H18BNO/c1-7(2,8(3,4)10)9(5,6)11-12/h1-6H3. The Bertz CT molecular complexity index is 179. The molecule has 0 heterocycles. The highest BCUT2D eigenvalue weighted by molar-refractivity contribution is 6.15. The van der Waals surface area contributed by atoms with Gasteiger partial charge in [0.15, 0.2) is 0 Å². The molecule has 12 heavy (non-hydrogen) atoms. The average molecular weight is 167 g/mol. The van der Waals surface area contributed by atoms with Crippen LogP contribution in [0.15, 0.2) is 5.18 Å². The van der Waals surface area contributed by atoms with Crippen LogP contribution in [-0.4, -0.2) is 13.4 Å². The second kappa shape index (κ2) is 2.86. The molecule has 0 aliphatic heterocycles. The lowest BCUT2D eigenvalue weighted by atomic mass is 9.50. The van der Waals surface area contributed by atoms with Gasteiger partial charge in [0.1, 0.15) is 5.54 Å². The first kappa shape index (κ1) is 11.7.